The van der Waals surface area contributed by atoms with E-state index in [0.29, 0.717) is 30.2 Å². The van der Waals surface area contributed by atoms with Crippen LogP contribution in [-0.2, 0) is 9.53 Å². The predicted molar refractivity (Wildman–Crippen MR) is 99.9 cm³/mol. The summed E-state index contributed by atoms with van der Waals surface area (Å²) < 4.78 is 11.9. The lowest BCUT2D eigenvalue weighted by molar-refractivity contribution is -0.136. The van der Waals surface area contributed by atoms with Crippen LogP contribution in [0.2, 0.25) is 0 Å². The van der Waals surface area contributed by atoms with Gasteiger partial charge in [-0.15, -0.1) is 0 Å². The van der Waals surface area contributed by atoms with E-state index in [-0.39, 0.29) is 24.5 Å². The number of piperidine rings is 1. The number of hydrogen-bond donors (Lipinski definition) is 1. The van der Waals surface area contributed by atoms with E-state index >= 15 is 0 Å². The van der Waals surface area contributed by atoms with Crippen molar-refractivity contribution in [1.82, 2.24) is 14.7 Å². The van der Waals surface area contributed by atoms with Gasteiger partial charge in [-0.2, -0.15) is 5.10 Å². The first-order valence-corrected chi connectivity index (χ1v) is 8.88. The molecule has 0 aliphatic carbocycles. The van der Waals surface area contributed by atoms with E-state index in [2.05, 4.69) is 10.4 Å². The van der Waals surface area contributed by atoms with Crippen molar-refractivity contribution in [2.75, 3.05) is 39.2 Å². The second kappa shape index (κ2) is 8.68. The minimum Gasteiger partial charge on any atom is -0.497 e. The lowest BCUT2D eigenvalue weighted by Gasteiger charge is -2.32. The van der Waals surface area contributed by atoms with Gasteiger partial charge in [-0.1, -0.05) is 0 Å². The molecule has 2 aromatic rings. The van der Waals surface area contributed by atoms with Gasteiger partial charge < -0.3 is 19.7 Å². The zero-order chi connectivity index (χ0) is 19.2. The van der Waals surface area contributed by atoms with Gasteiger partial charge in [0.15, 0.2) is 0 Å². The number of aromatic nitrogens is 2. The molecular formula is C19H24N4O4. The number of carbonyl (C=O) groups excluding carboxylic acids is 2. The number of rotatable bonds is 6. The number of anilines is 1. The second-order valence-corrected chi connectivity index (χ2v) is 6.39. The van der Waals surface area contributed by atoms with Crippen LogP contribution in [0.5, 0.6) is 5.75 Å². The van der Waals surface area contributed by atoms with Crippen molar-refractivity contribution in [2.24, 2.45) is 0 Å². The molecule has 3 rings (SSSR count). The van der Waals surface area contributed by atoms with Gasteiger partial charge in [0.1, 0.15) is 18.2 Å². The zero-order valence-corrected chi connectivity index (χ0v) is 15.6. The van der Waals surface area contributed by atoms with Gasteiger partial charge >= 0.3 is 0 Å². The monoisotopic (exact) mass is 372 g/mol. The van der Waals surface area contributed by atoms with Crippen LogP contribution in [0, 0.1) is 0 Å². The van der Waals surface area contributed by atoms with Gasteiger partial charge in [0.25, 0.3) is 5.91 Å². The molecule has 1 aromatic heterocycles. The molecule has 2 amide bonds. The minimum atomic E-state index is -0.202. The van der Waals surface area contributed by atoms with Gasteiger partial charge in [0, 0.05) is 31.8 Å². The number of hydrogen-bond acceptors (Lipinski definition) is 5. The Hall–Kier alpha value is -2.87. The van der Waals surface area contributed by atoms with Crippen molar-refractivity contribution in [3.8, 4) is 5.75 Å². The summed E-state index contributed by atoms with van der Waals surface area (Å²) in [6.45, 7) is 1.41. The number of benzene rings is 1. The first-order chi connectivity index (χ1) is 13.1. The molecule has 1 aliphatic rings. The van der Waals surface area contributed by atoms with Crippen molar-refractivity contribution in [3.05, 3.63) is 42.1 Å². The zero-order valence-electron chi connectivity index (χ0n) is 15.6. The summed E-state index contributed by atoms with van der Waals surface area (Å²) >= 11 is 0. The summed E-state index contributed by atoms with van der Waals surface area (Å²) in [5.74, 6) is 1.15. The Morgan fingerprint density at radius 1 is 1.15 bits per heavy atom. The third kappa shape index (κ3) is 4.46. The molecule has 0 atom stereocenters. The van der Waals surface area contributed by atoms with Crippen LogP contribution in [0.3, 0.4) is 0 Å². The van der Waals surface area contributed by atoms with E-state index in [1.54, 1.807) is 48.5 Å². The SMILES string of the molecule is COCC(=O)N1CCC(n2nccc2NC(=O)c2ccc(OC)cc2)CC1. The second-order valence-electron chi connectivity index (χ2n) is 6.39. The standard InChI is InChI=1S/C19H24N4O4/c1-26-13-18(24)22-11-8-15(9-12-22)23-17(7-10-20-23)21-19(25)14-3-5-16(27-2)6-4-14/h3-7,10,15H,8-9,11-13H2,1-2H3,(H,21,25). The Labute approximate surface area is 158 Å². The highest BCUT2D eigenvalue weighted by molar-refractivity contribution is 6.03. The number of likely N-dealkylation sites (tertiary alicyclic amines) is 1. The summed E-state index contributed by atoms with van der Waals surface area (Å²) in [5.41, 5.74) is 0.545. The smallest absolute Gasteiger partial charge is 0.256 e. The maximum atomic E-state index is 12.5. The van der Waals surface area contributed by atoms with E-state index in [1.807, 2.05) is 4.68 Å². The van der Waals surface area contributed by atoms with Crippen LogP contribution in [0.15, 0.2) is 36.5 Å². The van der Waals surface area contributed by atoms with Crippen LogP contribution in [0.25, 0.3) is 0 Å². The molecule has 1 fully saturated rings. The molecular weight excluding hydrogens is 348 g/mol. The predicted octanol–water partition coefficient (Wildman–Crippen LogP) is 1.95. The van der Waals surface area contributed by atoms with E-state index in [0.717, 1.165) is 12.8 Å². The molecule has 0 radical (unpaired) electrons. The van der Waals surface area contributed by atoms with E-state index in [4.69, 9.17) is 9.47 Å². The summed E-state index contributed by atoms with van der Waals surface area (Å²) in [4.78, 5) is 26.2. The molecule has 1 aromatic carbocycles. The Kier molecular flexibility index (Phi) is 6.08. The van der Waals surface area contributed by atoms with Crippen molar-refractivity contribution in [2.45, 2.75) is 18.9 Å². The molecule has 1 saturated heterocycles. The first-order valence-electron chi connectivity index (χ1n) is 8.88. The van der Waals surface area contributed by atoms with Gasteiger partial charge in [0.05, 0.1) is 19.3 Å². The van der Waals surface area contributed by atoms with Gasteiger partial charge in [0.2, 0.25) is 5.91 Å². The first kappa shape index (κ1) is 18.9. The third-order valence-corrected chi connectivity index (χ3v) is 4.69. The summed E-state index contributed by atoms with van der Waals surface area (Å²) in [5, 5.41) is 7.29. The van der Waals surface area contributed by atoms with Crippen LogP contribution in [0.1, 0.15) is 29.2 Å². The fourth-order valence-corrected chi connectivity index (χ4v) is 3.21. The molecule has 0 saturated carbocycles. The molecule has 144 valence electrons. The number of nitrogens with zero attached hydrogens (tertiary/aromatic N) is 3. The van der Waals surface area contributed by atoms with Crippen molar-refractivity contribution >= 4 is 17.6 Å². The number of carbonyl (C=O) groups is 2. The number of nitrogens with one attached hydrogen (secondary N) is 1. The van der Waals surface area contributed by atoms with Gasteiger partial charge in [-0.3, -0.25) is 9.59 Å². The number of ether oxygens (including phenoxy) is 2. The molecule has 0 bridgehead atoms. The van der Waals surface area contributed by atoms with Crippen LogP contribution < -0.4 is 10.1 Å². The number of methoxy groups -OCH3 is 2. The Bertz CT molecular complexity index is 779. The highest BCUT2D eigenvalue weighted by atomic mass is 16.5. The topological polar surface area (TPSA) is 85.7 Å². The molecule has 1 aliphatic heterocycles. The van der Waals surface area contributed by atoms with Gasteiger partial charge in [-0.25, -0.2) is 4.68 Å². The Balaban J connectivity index is 1.62. The largest absolute Gasteiger partial charge is 0.497 e. The highest BCUT2D eigenvalue weighted by Gasteiger charge is 2.25. The van der Waals surface area contributed by atoms with Gasteiger partial charge in [-0.05, 0) is 37.1 Å². The molecule has 27 heavy (non-hydrogen) atoms. The molecule has 2 heterocycles. The highest BCUT2D eigenvalue weighted by Crippen LogP contribution is 2.26. The molecule has 0 spiro atoms. The van der Waals surface area contributed by atoms with E-state index in [9.17, 15) is 9.59 Å². The van der Waals surface area contributed by atoms with E-state index in [1.165, 1.54) is 7.11 Å². The summed E-state index contributed by atoms with van der Waals surface area (Å²) in [6, 6.07) is 8.85. The van der Waals surface area contributed by atoms with Crippen LogP contribution in [-0.4, -0.2) is 60.4 Å². The molecule has 8 nitrogen and oxygen atoms in total. The maximum Gasteiger partial charge on any atom is 0.256 e. The van der Waals surface area contributed by atoms with Crippen LogP contribution in [0.4, 0.5) is 5.82 Å². The Morgan fingerprint density at radius 2 is 1.85 bits per heavy atom. The van der Waals surface area contributed by atoms with Crippen LogP contribution >= 0.6 is 0 Å². The average Bonchev–Trinajstić information content (AvgIpc) is 3.16. The average molecular weight is 372 g/mol. The molecule has 1 N–H and O–H groups in total. The van der Waals surface area contributed by atoms with Crippen molar-refractivity contribution in [1.29, 1.82) is 0 Å². The number of amides is 2. The minimum absolute atomic E-state index is 0.00412. The third-order valence-electron chi connectivity index (χ3n) is 4.69. The quantitative estimate of drug-likeness (QED) is 0.838. The van der Waals surface area contributed by atoms with Crippen molar-refractivity contribution in [3.63, 3.8) is 0 Å². The van der Waals surface area contributed by atoms with Crippen molar-refractivity contribution < 1.29 is 19.1 Å². The fourth-order valence-electron chi connectivity index (χ4n) is 3.21. The summed E-state index contributed by atoms with van der Waals surface area (Å²) in [7, 11) is 3.11. The molecule has 0 unspecified atom stereocenters. The lowest BCUT2D eigenvalue weighted by atomic mass is 10.1. The fraction of sp³-hybridized carbons (Fsp3) is 0.421. The van der Waals surface area contributed by atoms with E-state index < -0.39 is 0 Å². The molecule has 8 heteroatoms. The normalized spacial score (nSPS) is 14.8. The summed E-state index contributed by atoms with van der Waals surface area (Å²) in [6.07, 6.45) is 3.23. The Morgan fingerprint density at radius 3 is 2.48 bits per heavy atom. The lowest BCUT2D eigenvalue weighted by Crippen LogP contribution is -2.41. The maximum absolute atomic E-state index is 12.5.